The van der Waals surface area contributed by atoms with Crippen molar-refractivity contribution in [3.8, 4) is 0 Å². The topological polar surface area (TPSA) is 49.4 Å². The Morgan fingerprint density at radius 1 is 1.50 bits per heavy atom. The highest BCUT2D eigenvalue weighted by Crippen LogP contribution is 2.09. The van der Waals surface area contributed by atoms with E-state index in [1.165, 1.54) is 4.31 Å². The summed E-state index contributed by atoms with van der Waals surface area (Å²) in [6.07, 6.45) is 0.687. The van der Waals surface area contributed by atoms with Crippen LogP contribution in [0.5, 0.6) is 0 Å². The van der Waals surface area contributed by atoms with Crippen molar-refractivity contribution in [1.29, 1.82) is 0 Å². The maximum atomic E-state index is 11.5. The molecule has 0 radical (unpaired) electrons. The number of likely N-dealkylation sites (N-methyl/N-ethyl adjacent to an activating group) is 1. The van der Waals surface area contributed by atoms with E-state index in [1.54, 1.807) is 7.05 Å². The molecular weight excluding hydrogens is 176 g/mol. The molecule has 1 aliphatic rings. The summed E-state index contributed by atoms with van der Waals surface area (Å²) in [6.45, 7) is 3.46. The molecule has 0 spiro atoms. The van der Waals surface area contributed by atoms with E-state index in [2.05, 4.69) is 5.32 Å². The lowest BCUT2D eigenvalue weighted by Gasteiger charge is -2.34. The molecule has 0 aromatic carbocycles. The predicted molar refractivity (Wildman–Crippen MR) is 48.5 cm³/mol. The lowest BCUT2D eigenvalue weighted by Crippen LogP contribution is -2.57. The number of sulfonamides is 1. The van der Waals surface area contributed by atoms with Crippen LogP contribution in [0, 0.1) is 0 Å². The molecule has 1 fully saturated rings. The zero-order chi connectivity index (χ0) is 9.19. The molecule has 0 saturated carbocycles. The number of hydrogen-bond acceptors (Lipinski definition) is 3. The van der Waals surface area contributed by atoms with Crippen molar-refractivity contribution < 1.29 is 8.42 Å². The van der Waals surface area contributed by atoms with Crippen molar-refractivity contribution in [2.75, 3.05) is 25.9 Å². The minimum atomic E-state index is -2.98. The van der Waals surface area contributed by atoms with E-state index in [0.717, 1.165) is 13.1 Å². The fraction of sp³-hybridized carbons (Fsp3) is 1.00. The van der Waals surface area contributed by atoms with Crippen LogP contribution >= 0.6 is 0 Å². The largest absolute Gasteiger partial charge is 0.313 e. The van der Waals surface area contributed by atoms with Gasteiger partial charge in [0.05, 0.1) is 5.75 Å². The number of nitrogens with zero attached hydrogens (tertiary/aromatic N) is 1. The van der Waals surface area contributed by atoms with E-state index in [-0.39, 0.29) is 11.8 Å². The van der Waals surface area contributed by atoms with Crippen LogP contribution in [-0.2, 0) is 10.0 Å². The summed E-state index contributed by atoms with van der Waals surface area (Å²) in [5, 5.41) is 3.05. The number of nitrogens with one attached hydrogen (secondary N) is 1. The Labute approximate surface area is 74.0 Å². The third kappa shape index (κ3) is 1.97. The molecule has 5 heteroatoms. The summed E-state index contributed by atoms with van der Waals surface area (Å²) < 4.78 is 24.4. The van der Waals surface area contributed by atoms with Crippen molar-refractivity contribution >= 4 is 10.0 Å². The highest BCUT2D eigenvalue weighted by Gasteiger charge is 2.29. The molecule has 0 aromatic heterocycles. The van der Waals surface area contributed by atoms with Crippen molar-refractivity contribution in [3.05, 3.63) is 0 Å². The smallest absolute Gasteiger partial charge is 0.214 e. The van der Waals surface area contributed by atoms with E-state index in [0.29, 0.717) is 6.42 Å². The maximum absolute atomic E-state index is 11.5. The highest BCUT2D eigenvalue weighted by atomic mass is 32.2. The van der Waals surface area contributed by atoms with E-state index >= 15 is 0 Å². The fourth-order valence-electron chi connectivity index (χ4n) is 1.16. The average molecular weight is 192 g/mol. The van der Waals surface area contributed by atoms with E-state index in [9.17, 15) is 8.42 Å². The van der Waals surface area contributed by atoms with Crippen LogP contribution in [-0.4, -0.2) is 44.7 Å². The van der Waals surface area contributed by atoms with Gasteiger partial charge in [-0.25, -0.2) is 8.42 Å². The summed E-state index contributed by atoms with van der Waals surface area (Å²) in [6, 6.07) is 0.182. The van der Waals surface area contributed by atoms with Gasteiger partial charge in [-0.2, -0.15) is 4.31 Å². The second-order valence-corrected chi connectivity index (χ2v) is 5.29. The van der Waals surface area contributed by atoms with Gasteiger partial charge in [-0.3, -0.25) is 0 Å². The summed E-state index contributed by atoms with van der Waals surface area (Å²) in [4.78, 5) is 0. The van der Waals surface area contributed by atoms with Gasteiger partial charge >= 0.3 is 0 Å². The molecule has 0 aromatic rings. The summed E-state index contributed by atoms with van der Waals surface area (Å²) in [5.74, 6) is 0.264. The van der Waals surface area contributed by atoms with Crippen molar-refractivity contribution in [2.45, 2.75) is 19.4 Å². The minimum absolute atomic E-state index is 0.182. The van der Waals surface area contributed by atoms with Gasteiger partial charge in [0.25, 0.3) is 0 Å². The molecule has 1 rings (SSSR count). The monoisotopic (exact) mass is 192 g/mol. The normalized spacial score (nSPS) is 19.6. The summed E-state index contributed by atoms with van der Waals surface area (Å²) in [5.41, 5.74) is 0. The molecule has 1 aliphatic heterocycles. The van der Waals surface area contributed by atoms with Crippen molar-refractivity contribution in [3.63, 3.8) is 0 Å². The van der Waals surface area contributed by atoms with Gasteiger partial charge in [-0.1, -0.05) is 6.92 Å². The van der Waals surface area contributed by atoms with Gasteiger partial charge in [-0.15, -0.1) is 0 Å². The van der Waals surface area contributed by atoms with Crippen LogP contribution in [0.4, 0.5) is 0 Å². The van der Waals surface area contributed by atoms with E-state index in [1.807, 2.05) is 6.92 Å². The Kier molecular flexibility index (Phi) is 3.09. The number of rotatable bonds is 4. The quantitative estimate of drug-likeness (QED) is 0.661. The molecule has 0 aliphatic carbocycles. The van der Waals surface area contributed by atoms with Gasteiger partial charge in [0, 0.05) is 26.2 Å². The molecule has 0 amide bonds. The second kappa shape index (κ2) is 3.72. The van der Waals surface area contributed by atoms with Crippen molar-refractivity contribution in [2.24, 2.45) is 0 Å². The molecule has 1 saturated heterocycles. The first kappa shape index (κ1) is 9.95. The molecule has 12 heavy (non-hydrogen) atoms. The second-order valence-electron chi connectivity index (χ2n) is 3.14. The Bertz CT molecular complexity index is 234. The van der Waals surface area contributed by atoms with Crippen LogP contribution in [0.25, 0.3) is 0 Å². The van der Waals surface area contributed by atoms with Crippen LogP contribution < -0.4 is 5.32 Å². The summed E-state index contributed by atoms with van der Waals surface area (Å²) >= 11 is 0. The van der Waals surface area contributed by atoms with Crippen LogP contribution in [0.1, 0.15) is 13.3 Å². The third-order valence-corrected chi connectivity index (χ3v) is 4.27. The minimum Gasteiger partial charge on any atom is -0.313 e. The lowest BCUT2D eigenvalue weighted by molar-refractivity contribution is 0.274. The van der Waals surface area contributed by atoms with E-state index in [4.69, 9.17) is 0 Å². The van der Waals surface area contributed by atoms with E-state index < -0.39 is 10.0 Å². The predicted octanol–water partition coefficient (Wildman–Crippen LogP) is -0.370. The van der Waals surface area contributed by atoms with Crippen LogP contribution in [0.15, 0.2) is 0 Å². The molecule has 0 atom stereocenters. The van der Waals surface area contributed by atoms with Crippen LogP contribution in [0.2, 0.25) is 0 Å². The van der Waals surface area contributed by atoms with Crippen LogP contribution in [0.3, 0.4) is 0 Å². The molecule has 0 unspecified atom stereocenters. The lowest BCUT2D eigenvalue weighted by atomic mass is 10.2. The fourth-order valence-corrected chi connectivity index (χ4v) is 2.57. The van der Waals surface area contributed by atoms with Gasteiger partial charge < -0.3 is 5.32 Å². The maximum Gasteiger partial charge on any atom is 0.214 e. The van der Waals surface area contributed by atoms with Gasteiger partial charge in [0.15, 0.2) is 0 Å². The highest BCUT2D eigenvalue weighted by molar-refractivity contribution is 7.89. The molecular formula is C7H16N2O2S. The molecule has 72 valence electrons. The third-order valence-electron chi connectivity index (χ3n) is 2.17. The molecule has 1 heterocycles. The molecule has 4 nitrogen and oxygen atoms in total. The molecule has 0 bridgehead atoms. The Hall–Kier alpha value is -0.130. The van der Waals surface area contributed by atoms with Gasteiger partial charge in [-0.05, 0) is 6.42 Å². The Morgan fingerprint density at radius 2 is 2.08 bits per heavy atom. The number of hydrogen-bond donors (Lipinski definition) is 1. The molecule has 1 N–H and O–H groups in total. The van der Waals surface area contributed by atoms with Gasteiger partial charge in [0.2, 0.25) is 10.0 Å². The average Bonchev–Trinajstić information content (AvgIpc) is 1.83. The first-order valence-electron chi connectivity index (χ1n) is 4.24. The first-order chi connectivity index (χ1) is 5.58. The Balaban J connectivity index is 2.54. The van der Waals surface area contributed by atoms with Crippen molar-refractivity contribution in [1.82, 2.24) is 9.62 Å². The standard InChI is InChI=1S/C7H16N2O2S/c1-3-4-12(10,11)9(2)7-5-8-6-7/h7-8H,3-6H2,1-2H3. The zero-order valence-electron chi connectivity index (χ0n) is 7.58. The SMILES string of the molecule is CCCS(=O)(=O)N(C)C1CNC1. The Morgan fingerprint density at radius 3 is 2.42 bits per heavy atom. The zero-order valence-corrected chi connectivity index (χ0v) is 8.39. The summed E-state index contributed by atoms with van der Waals surface area (Å²) in [7, 11) is -1.31. The van der Waals surface area contributed by atoms with Gasteiger partial charge in [0.1, 0.15) is 0 Å². The first-order valence-corrected chi connectivity index (χ1v) is 5.85.